The molecule has 38 heavy (non-hydrogen) atoms. The molecule has 10 heteroatoms. The standard InChI is InChI=1S/C28H36F3N2O4P/c1-20(2)15-23-8-6-21(17-26(23)28(29,30)31)5-3-12-33-27-9-7-22(16-25(27)24-10-14-36-19-24)18-32-11-4-13-37-38(34)35/h6-10,14,16-17,19-20,32-33,38H,3-5,11-13,15,18H2,1-2H3,(H,34,35). The van der Waals surface area contributed by atoms with E-state index >= 15 is 0 Å². The SMILES string of the molecule is CC(C)Cc1ccc(CCCNc2ccc(CNCCCO[PH](=O)O)cc2-c2ccoc2)cc1C(F)(F)F. The first kappa shape index (κ1) is 30.0. The Morgan fingerprint density at radius 3 is 2.53 bits per heavy atom. The lowest BCUT2D eigenvalue weighted by atomic mass is 9.94. The lowest BCUT2D eigenvalue weighted by Crippen LogP contribution is -2.16. The molecule has 0 aliphatic rings. The number of hydrogen-bond acceptors (Lipinski definition) is 5. The molecule has 2 aromatic carbocycles. The van der Waals surface area contributed by atoms with E-state index in [-0.39, 0.29) is 12.5 Å². The van der Waals surface area contributed by atoms with Crippen LogP contribution in [0.15, 0.2) is 59.4 Å². The summed E-state index contributed by atoms with van der Waals surface area (Å²) in [6, 6.07) is 12.7. The molecule has 0 aliphatic carbocycles. The highest BCUT2D eigenvalue weighted by Gasteiger charge is 2.33. The fourth-order valence-corrected chi connectivity index (χ4v) is 4.60. The van der Waals surface area contributed by atoms with Crippen molar-refractivity contribution < 1.29 is 31.6 Å². The minimum absolute atomic E-state index is 0.151. The summed E-state index contributed by atoms with van der Waals surface area (Å²) in [6.07, 6.45) is 1.16. The monoisotopic (exact) mass is 552 g/mol. The second kappa shape index (κ2) is 14.5. The maximum Gasteiger partial charge on any atom is 0.416 e. The fraction of sp³-hybridized carbons (Fsp3) is 0.429. The number of nitrogens with one attached hydrogen (secondary N) is 2. The van der Waals surface area contributed by atoms with Crippen molar-refractivity contribution in [2.24, 2.45) is 5.92 Å². The minimum Gasteiger partial charge on any atom is -0.472 e. The van der Waals surface area contributed by atoms with Gasteiger partial charge in [-0.1, -0.05) is 32.0 Å². The van der Waals surface area contributed by atoms with Crippen LogP contribution in [0.2, 0.25) is 0 Å². The molecule has 3 N–H and O–H groups in total. The molecule has 208 valence electrons. The van der Waals surface area contributed by atoms with Crippen LogP contribution in [-0.4, -0.2) is 24.6 Å². The summed E-state index contributed by atoms with van der Waals surface area (Å²) < 4.78 is 61.4. The van der Waals surface area contributed by atoms with E-state index in [2.05, 4.69) is 21.2 Å². The van der Waals surface area contributed by atoms with Gasteiger partial charge in [0.05, 0.1) is 24.7 Å². The van der Waals surface area contributed by atoms with Gasteiger partial charge in [0, 0.05) is 29.9 Å². The third kappa shape index (κ3) is 9.62. The highest BCUT2D eigenvalue weighted by atomic mass is 31.1. The fourth-order valence-electron chi connectivity index (χ4n) is 4.28. The normalized spacial score (nSPS) is 12.7. The molecule has 1 unspecified atom stereocenters. The van der Waals surface area contributed by atoms with Crippen LogP contribution in [0.25, 0.3) is 11.1 Å². The van der Waals surface area contributed by atoms with Crippen LogP contribution in [0, 0.1) is 5.92 Å². The van der Waals surface area contributed by atoms with Gasteiger partial charge in [-0.2, -0.15) is 13.2 Å². The van der Waals surface area contributed by atoms with Gasteiger partial charge >= 0.3 is 14.4 Å². The Morgan fingerprint density at radius 1 is 1.05 bits per heavy atom. The summed E-state index contributed by atoms with van der Waals surface area (Å²) in [4.78, 5) is 8.69. The van der Waals surface area contributed by atoms with Crippen molar-refractivity contribution in [2.45, 2.75) is 52.3 Å². The van der Waals surface area contributed by atoms with Crippen molar-refractivity contribution in [1.29, 1.82) is 0 Å². The van der Waals surface area contributed by atoms with E-state index in [9.17, 15) is 17.7 Å². The van der Waals surface area contributed by atoms with Gasteiger partial charge in [-0.05, 0) is 79.1 Å². The zero-order valence-electron chi connectivity index (χ0n) is 21.7. The molecule has 0 amide bonds. The van der Waals surface area contributed by atoms with Crippen molar-refractivity contribution in [3.05, 3.63) is 77.2 Å². The van der Waals surface area contributed by atoms with E-state index in [1.54, 1.807) is 18.6 Å². The number of benzene rings is 2. The quantitative estimate of drug-likeness (QED) is 0.138. The summed E-state index contributed by atoms with van der Waals surface area (Å²) in [5.74, 6) is 0.151. The zero-order chi connectivity index (χ0) is 27.5. The van der Waals surface area contributed by atoms with Crippen LogP contribution in [0.4, 0.5) is 18.9 Å². The molecule has 0 spiro atoms. The Balaban J connectivity index is 1.58. The number of alkyl halides is 3. The molecule has 1 aromatic heterocycles. The maximum atomic E-state index is 13.6. The molecule has 0 aliphatic heterocycles. The van der Waals surface area contributed by atoms with Crippen LogP contribution in [-0.2, 0) is 34.7 Å². The van der Waals surface area contributed by atoms with Gasteiger partial charge in [0.1, 0.15) is 0 Å². The third-order valence-corrected chi connectivity index (χ3v) is 6.49. The lowest BCUT2D eigenvalue weighted by molar-refractivity contribution is -0.138. The Labute approximate surface area is 222 Å². The highest BCUT2D eigenvalue weighted by molar-refractivity contribution is 7.32. The second-order valence-electron chi connectivity index (χ2n) is 9.65. The average molecular weight is 553 g/mol. The molecule has 3 aromatic rings. The molecule has 6 nitrogen and oxygen atoms in total. The molecule has 1 heterocycles. The predicted molar refractivity (Wildman–Crippen MR) is 144 cm³/mol. The van der Waals surface area contributed by atoms with E-state index in [1.165, 1.54) is 6.07 Å². The molecular weight excluding hydrogens is 516 g/mol. The van der Waals surface area contributed by atoms with Crippen molar-refractivity contribution in [1.82, 2.24) is 5.32 Å². The average Bonchev–Trinajstić information content (AvgIpc) is 3.39. The van der Waals surface area contributed by atoms with Crippen molar-refractivity contribution in [3.8, 4) is 11.1 Å². The molecular formula is C28H36F3N2O4P. The summed E-state index contributed by atoms with van der Waals surface area (Å²) in [7, 11) is -2.89. The third-order valence-electron chi connectivity index (χ3n) is 6.03. The largest absolute Gasteiger partial charge is 0.472 e. The Hall–Kier alpha value is -2.58. The first-order chi connectivity index (χ1) is 18.1. The molecule has 0 bridgehead atoms. The van der Waals surface area contributed by atoms with E-state index in [0.717, 1.165) is 22.4 Å². The number of rotatable bonds is 15. The molecule has 0 saturated heterocycles. The predicted octanol–water partition coefficient (Wildman–Crippen LogP) is 7.09. The van der Waals surface area contributed by atoms with E-state index < -0.39 is 20.0 Å². The van der Waals surface area contributed by atoms with Gasteiger partial charge in [0.2, 0.25) is 0 Å². The number of halogens is 3. The Bertz CT molecular complexity index is 1170. The van der Waals surface area contributed by atoms with E-state index in [4.69, 9.17) is 9.31 Å². The maximum absolute atomic E-state index is 13.6. The summed E-state index contributed by atoms with van der Waals surface area (Å²) in [5, 5.41) is 6.72. The van der Waals surface area contributed by atoms with E-state index in [0.29, 0.717) is 56.4 Å². The van der Waals surface area contributed by atoms with Gasteiger partial charge in [0.25, 0.3) is 0 Å². The topological polar surface area (TPSA) is 83.7 Å². The van der Waals surface area contributed by atoms with Gasteiger partial charge in [-0.25, -0.2) is 0 Å². The van der Waals surface area contributed by atoms with Crippen LogP contribution in [0.3, 0.4) is 0 Å². The van der Waals surface area contributed by atoms with E-state index in [1.807, 2.05) is 38.1 Å². The number of anilines is 1. The highest BCUT2D eigenvalue weighted by Crippen LogP contribution is 2.34. The Kier molecular flexibility index (Phi) is 11.5. The van der Waals surface area contributed by atoms with Crippen LogP contribution < -0.4 is 10.6 Å². The first-order valence-electron chi connectivity index (χ1n) is 12.8. The van der Waals surface area contributed by atoms with Crippen LogP contribution in [0.5, 0.6) is 0 Å². The van der Waals surface area contributed by atoms with Crippen molar-refractivity contribution in [3.63, 3.8) is 0 Å². The van der Waals surface area contributed by atoms with Gasteiger partial charge in [0.15, 0.2) is 0 Å². The van der Waals surface area contributed by atoms with Crippen molar-refractivity contribution in [2.75, 3.05) is 25.0 Å². The number of hydrogen-bond donors (Lipinski definition) is 3. The van der Waals surface area contributed by atoms with Gasteiger partial charge < -0.3 is 24.5 Å². The molecule has 3 rings (SSSR count). The second-order valence-corrected chi connectivity index (χ2v) is 10.5. The van der Waals surface area contributed by atoms with Crippen molar-refractivity contribution >= 4 is 13.9 Å². The van der Waals surface area contributed by atoms with Crippen LogP contribution >= 0.6 is 8.25 Å². The lowest BCUT2D eigenvalue weighted by Gasteiger charge is -2.16. The number of aryl methyl sites for hydroxylation is 1. The molecule has 0 fully saturated rings. The smallest absolute Gasteiger partial charge is 0.416 e. The molecule has 0 radical (unpaired) electrons. The minimum atomic E-state index is -4.36. The summed E-state index contributed by atoms with van der Waals surface area (Å²) in [6.45, 7) is 5.93. The summed E-state index contributed by atoms with van der Waals surface area (Å²) in [5.41, 5.74) is 4.37. The van der Waals surface area contributed by atoms with Gasteiger partial charge in [-0.3, -0.25) is 4.57 Å². The Morgan fingerprint density at radius 2 is 1.84 bits per heavy atom. The molecule has 1 atom stereocenters. The van der Waals surface area contributed by atoms with Gasteiger partial charge in [-0.15, -0.1) is 0 Å². The first-order valence-corrected chi connectivity index (χ1v) is 14.0. The summed E-state index contributed by atoms with van der Waals surface area (Å²) >= 11 is 0. The van der Waals surface area contributed by atoms with Crippen LogP contribution in [0.1, 0.15) is 48.9 Å². The number of furan rings is 1. The zero-order valence-corrected chi connectivity index (χ0v) is 22.7. The molecule has 0 saturated carbocycles.